The maximum Gasteiger partial charge on any atom is 0.243 e. The highest BCUT2D eigenvalue weighted by Gasteiger charge is 2.30. The minimum absolute atomic E-state index is 0.0491. The van der Waals surface area contributed by atoms with Gasteiger partial charge in [-0.2, -0.15) is 0 Å². The number of amides is 2. The summed E-state index contributed by atoms with van der Waals surface area (Å²) < 4.78 is 0. The van der Waals surface area contributed by atoms with Crippen LogP contribution in [0.15, 0.2) is 78.9 Å². The summed E-state index contributed by atoms with van der Waals surface area (Å²) >= 11 is 0. The van der Waals surface area contributed by atoms with E-state index >= 15 is 0 Å². The fraction of sp³-hybridized carbons (Fsp3) is 0.310. The zero-order chi connectivity index (χ0) is 23.6. The van der Waals surface area contributed by atoms with Gasteiger partial charge in [0.15, 0.2) is 0 Å². The number of benzene rings is 3. The normalized spacial score (nSPS) is 11.6. The summed E-state index contributed by atoms with van der Waals surface area (Å²) in [5.41, 5.74) is 5.32. The van der Waals surface area contributed by atoms with Crippen molar-refractivity contribution < 1.29 is 9.59 Å². The molecule has 0 heterocycles. The molecule has 3 aromatic rings. The van der Waals surface area contributed by atoms with Gasteiger partial charge in [-0.05, 0) is 37.0 Å². The minimum atomic E-state index is -0.585. The second-order valence-electron chi connectivity index (χ2n) is 8.67. The van der Waals surface area contributed by atoms with E-state index in [2.05, 4.69) is 5.32 Å². The van der Waals surface area contributed by atoms with E-state index in [1.165, 1.54) is 0 Å². The topological polar surface area (TPSA) is 49.4 Å². The standard InChI is InChI=1S/C29H34N2O2/c1-4-18-30-29(33)27(19-24-8-6-5-7-9-24)31(21-26-16-12-23(3)13-17-26)28(32)20-25-14-10-22(2)11-15-25/h5-17,27H,4,18-21H2,1-3H3,(H,30,33)/t27-/m0/s1. The molecule has 4 nitrogen and oxygen atoms in total. The van der Waals surface area contributed by atoms with E-state index in [1.54, 1.807) is 4.90 Å². The number of nitrogens with one attached hydrogen (secondary N) is 1. The van der Waals surface area contributed by atoms with Gasteiger partial charge in [-0.15, -0.1) is 0 Å². The Morgan fingerprint density at radius 3 is 1.94 bits per heavy atom. The number of rotatable bonds is 10. The Morgan fingerprint density at radius 2 is 1.36 bits per heavy atom. The molecule has 0 aliphatic carbocycles. The summed E-state index contributed by atoms with van der Waals surface area (Å²) in [5.74, 6) is -0.155. The SMILES string of the molecule is CCCNC(=O)[C@H](Cc1ccccc1)N(Cc1ccc(C)cc1)C(=O)Cc1ccc(C)cc1. The van der Waals surface area contributed by atoms with Crippen molar-refractivity contribution in [3.63, 3.8) is 0 Å². The molecule has 1 atom stereocenters. The molecular formula is C29H34N2O2. The summed E-state index contributed by atoms with van der Waals surface area (Å²) in [6.07, 6.45) is 1.58. The van der Waals surface area contributed by atoms with Crippen molar-refractivity contribution in [2.75, 3.05) is 6.54 Å². The van der Waals surface area contributed by atoms with Crippen LogP contribution in [0.2, 0.25) is 0 Å². The van der Waals surface area contributed by atoms with Crippen LogP contribution in [0.5, 0.6) is 0 Å². The Kier molecular flexibility index (Phi) is 8.82. The molecule has 0 aliphatic heterocycles. The molecule has 33 heavy (non-hydrogen) atoms. The van der Waals surface area contributed by atoms with Crippen LogP contribution in [0.4, 0.5) is 0 Å². The van der Waals surface area contributed by atoms with Crippen LogP contribution in [0.25, 0.3) is 0 Å². The van der Waals surface area contributed by atoms with Gasteiger partial charge in [0.1, 0.15) is 6.04 Å². The average Bonchev–Trinajstić information content (AvgIpc) is 2.83. The fourth-order valence-electron chi connectivity index (χ4n) is 3.79. The number of carbonyl (C=O) groups is 2. The third-order valence-electron chi connectivity index (χ3n) is 5.77. The molecular weight excluding hydrogens is 408 g/mol. The van der Waals surface area contributed by atoms with E-state index in [0.29, 0.717) is 19.5 Å². The van der Waals surface area contributed by atoms with Crippen molar-refractivity contribution in [1.82, 2.24) is 10.2 Å². The Labute approximate surface area is 197 Å². The molecule has 0 fully saturated rings. The predicted octanol–water partition coefficient (Wildman–Crippen LogP) is 5.01. The smallest absolute Gasteiger partial charge is 0.243 e. The summed E-state index contributed by atoms with van der Waals surface area (Å²) in [4.78, 5) is 28.7. The second-order valence-corrected chi connectivity index (χ2v) is 8.67. The largest absolute Gasteiger partial charge is 0.354 e. The molecule has 0 radical (unpaired) electrons. The van der Waals surface area contributed by atoms with E-state index in [0.717, 1.165) is 34.2 Å². The van der Waals surface area contributed by atoms with E-state index in [4.69, 9.17) is 0 Å². The van der Waals surface area contributed by atoms with Crippen LogP contribution < -0.4 is 5.32 Å². The predicted molar refractivity (Wildman–Crippen MR) is 134 cm³/mol. The number of hydrogen-bond donors (Lipinski definition) is 1. The minimum Gasteiger partial charge on any atom is -0.354 e. The van der Waals surface area contributed by atoms with Gasteiger partial charge >= 0.3 is 0 Å². The molecule has 1 N–H and O–H groups in total. The summed E-state index contributed by atoms with van der Waals surface area (Å²) in [7, 11) is 0. The lowest BCUT2D eigenvalue weighted by atomic mass is 10.0. The number of hydrogen-bond acceptors (Lipinski definition) is 2. The van der Waals surface area contributed by atoms with Crippen LogP contribution in [0, 0.1) is 13.8 Å². The van der Waals surface area contributed by atoms with Crippen molar-refractivity contribution in [2.45, 2.75) is 52.6 Å². The van der Waals surface area contributed by atoms with Gasteiger partial charge in [-0.3, -0.25) is 9.59 Å². The van der Waals surface area contributed by atoms with Gasteiger partial charge in [0.25, 0.3) is 0 Å². The molecule has 0 saturated heterocycles. The molecule has 172 valence electrons. The lowest BCUT2D eigenvalue weighted by Gasteiger charge is -2.31. The average molecular weight is 443 g/mol. The Morgan fingerprint density at radius 1 is 0.788 bits per heavy atom. The van der Waals surface area contributed by atoms with Crippen LogP contribution in [-0.2, 0) is 29.0 Å². The van der Waals surface area contributed by atoms with E-state index in [1.807, 2.05) is 99.6 Å². The Hall–Kier alpha value is -3.40. The zero-order valence-corrected chi connectivity index (χ0v) is 19.9. The lowest BCUT2D eigenvalue weighted by Crippen LogP contribution is -2.51. The van der Waals surface area contributed by atoms with Crippen LogP contribution in [-0.4, -0.2) is 29.3 Å². The monoisotopic (exact) mass is 442 g/mol. The number of carbonyl (C=O) groups excluding carboxylic acids is 2. The van der Waals surface area contributed by atoms with Gasteiger partial charge in [-0.1, -0.05) is 96.9 Å². The Balaban J connectivity index is 1.93. The van der Waals surface area contributed by atoms with Gasteiger partial charge in [0.2, 0.25) is 11.8 Å². The first kappa shape index (κ1) is 24.2. The molecule has 0 spiro atoms. The summed E-state index contributed by atoms with van der Waals surface area (Å²) in [5, 5.41) is 3.02. The van der Waals surface area contributed by atoms with Gasteiger partial charge in [-0.25, -0.2) is 0 Å². The van der Waals surface area contributed by atoms with Crippen molar-refractivity contribution >= 4 is 11.8 Å². The maximum atomic E-state index is 13.6. The van der Waals surface area contributed by atoms with Gasteiger partial charge in [0, 0.05) is 19.5 Å². The molecule has 3 rings (SSSR count). The van der Waals surface area contributed by atoms with Gasteiger partial charge < -0.3 is 10.2 Å². The van der Waals surface area contributed by atoms with Crippen LogP contribution >= 0.6 is 0 Å². The fourth-order valence-corrected chi connectivity index (χ4v) is 3.79. The molecule has 0 unspecified atom stereocenters. The Bertz CT molecular complexity index is 1030. The third kappa shape index (κ3) is 7.31. The highest BCUT2D eigenvalue weighted by molar-refractivity contribution is 5.88. The molecule has 0 saturated carbocycles. The molecule has 0 bridgehead atoms. The molecule has 4 heteroatoms. The first-order chi connectivity index (χ1) is 16.0. The zero-order valence-electron chi connectivity index (χ0n) is 19.9. The van der Waals surface area contributed by atoms with Crippen molar-refractivity contribution in [3.05, 3.63) is 107 Å². The lowest BCUT2D eigenvalue weighted by molar-refractivity contribution is -0.140. The summed E-state index contributed by atoms with van der Waals surface area (Å²) in [6, 6.07) is 25.5. The second kappa shape index (κ2) is 12.0. The third-order valence-corrected chi connectivity index (χ3v) is 5.77. The molecule has 0 aliphatic rings. The van der Waals surface area contributed by atoms with Crippen molar-refractivity contribution in [1.29, 1.82) is 0 Å². The van der Waals surface area contributed by atoms with E-state index < -0.39 is 6.04 Å². The molecule has 0 aromatic heterocycles. The van der Waals surface area contributed by atoms with Crippen molar-refractivity contribution in [3.8, 4) is 0 Å². The highest BCUT2D eigenvalue weighted by atomic mass is 16.2. The molecule has 2 amide bonds. The first-order valence-corrected chi connectivity index (χ1v) is 11.7. The summed E-state index contributed by atoms with van der Waals surface area (Å²) in [6.45, 7) is 7.08. The van der Waals surface area contributed by atoms with Crippen molar-refractivity contribution in [2.24, 2.45) is 0 Å². The number of nitrogens with zero attached hydrogens (tertiary/aromatic N) is 1. The molecule has 3 aromatic carbocycles. The maximum absolute atomic E-state index is 13.6. The van der Waals surface area contributed by atoms with E-state index in [9.17, 15) is 9.59 Å². The van der Waals surface area contributed by atoms with Crippen LogP contribution in [0.3, 0.4) is 0 Å². The van der Waals surface area contributed by atoms with Crippen LogP contribution in [0.1, 0.15) is 41.2 Å². The number of aryl methyl sites for hydroxylation is 2. The quantitative estimate of drug-likeness (QED) is 0.480. The van der Waals surface area contributed by atoms with Gasteiger partial charge in [0.05, 0.1) is 6.42 Å². The van der Waals surface area contributed by atoms with E-state index in [-0.39, 0.29) is 18.2 Å². The highest BCUT2D eigenvalue weighted by Crippen LogP contribution is 2.17. The first-order valence-electron chi connectivity index (χ1n) is 11.7.